The first-order valence-corrected chi connectivity index (χ1v) is 4.17. The van der Waals surface area contributed by atoms with E-state index in [2.05, 4.69) is 26.4 Å². The molecule has 1 radical (unpaired) electrons. The summed E-state index contributed by atoms with van der Waals surface area (Å²) >= 11 is 0. The minimum Gasteiger partial charge on any atom is -0.236 e. The Labute approximate surface area is 79.6 Å². The van der Waals surface area contributed by atoms with Gasteiger partial charge < -0.3 is 0 Å². The predicted molar refractivity (Wildman–Crippen MR) is 51.5 cm³/mol. The van der Waals surface area contributed by atoms with Gasteiger partial charge in [-0.05, 0) is 18.2 Å². The van der Waals surface area contributed by atoms with Crippen molar-refractivity contribution >= 4 is 21.8 Å². The van der Waals surface area contributed by atoms with E-state index in [9.17, 15) is 0 Å². The summed E-state index contributed by atoms with van der Waals surface area (Å²) in [4.78, 5) is 7.98. The molecule has 0 N–H and O–H groups in total. The van der Waals surface area contributed by atoms with Gasteiger partial charge in [-0.1, -0.05) is 0 Å². The summed E-state index contributed by atoms with van der Waals surface area (Å²) in [5.74, 6) is 0. The van der Waals surface area contributed by atoms with Crippen LogP contribution in [0, 0.1) is 6.20 Å². The van der Waals surface area contributed by atoms with E-state index >= 15 is 0 Å². The predicted octanol–water partition coefficient (Wildman–Crippen LogP) is 1.37. The SMILES string of the molecule is [c]1ncnc2cc3ccnnc3cc12. The lowest BCUT2D eigenvalue weighted by atomic mass is 10.2. The number of hydrogen-bond acceptors (Lipinski definition) is 4. The molecule has 0 aliphatic heterocycles. The molecule has 0 saturated carbocycles. The summed E-state index contributed by atoms with van der Waals surface area (Å²) < 4.78 is 0. The summed E-state index contributed by atoms with van der Waals surface area (Å²) in [5, 5.41) is 9.71. The van der Waals surface area contributed by atoms with Crippen molar-refractivity contribution in [2.45, 2.75) is 0 Å². The Hall–Kier alpha value is -2.10. The van der Waals surface area contributed by atoms with Gasteiger partial charge in [0.1, 0.15) is 12.5 Å². The lowest BCUT2D eigenvalue weighted by Crippen LogP contribution is -1.85. The normalized spacial score (nSPS) is 10.9. The van der Waals surface area contributed by atoms with E-state index in [0.29, 0.717) is 0 Å². The molecule has 0 atom stereocenters. The molecule has 1 aromatic carbocycles. The minimum absolute atomic E-state index is 0.839. The standard InChI is InChI=1S/C10H5N4/c1-2-13-14-10-4-8-5-11-6-12-9(8)3-7(1)10/h1-4,6H. The van der Waals surface area contributed by atoms with E-state index in [-0.39, 0.29) is 0 Å². The van der Waals surface area contributed by atoms with Crippen LogP contribution in [0.3, 0.4) is 0 Å². The second kappa shape index (κ2) is 2.70. The van der Waals surface area contributed by atoms with E-state index < -0.39 is 0 Å². The Kier molecular flexibility index (Phi) is 1.41. The number of hydrogen-bond donors (Lipinski definition) is 0. The highest BCUT2D eigenvalue weighted by molar-refractivity contribution is 5.93. The zero-order valence-corrected chi connectivity index (χ0v) is 7.18. The topological polar surface area (TPSA) is 51.6 Å². The van der Waals surface area contributed by atoms with Crippen LogP contribution in [0.5, 0.6) is 0 Å². The fourth-order valence-electron chi connectivity index (χ4n) is 1.41. The molecule has 0 fully saturated rings. The third-order valence-electron chi connectivity index (χ3n) is 2.07. The molecule has 0 saturated heterocycles. The summed E-state index contributed by atoms with van der Waals surface area (Å²) in [6.45, 7) is 0. The van der Waals surface area contributed by atoms with Crippen LogP contribution in [0.25, 0.3) is 21.8 Å². The largest absolute Gasteiger partial charge is 0.236 e. The fourth-order valence-corrected chi connectivity index (χ4v) is 1.41. The van der Waals surface area contributed by atoms with Gasteiger partial charge in [0.25, 0.3) is 0 Å². The average molecular weight is 181 g/mol. The van der Waals surface area contributed by atoms with Crippen LogP contribution < -0.4 is 0 Å². The van der Waals surface area contributed by atoms with E-state index in [4.69, 9.17) is 0 Å². The van der Waals surface area contributed by atoms with Crippen molar-refractivity contribution < 1.29 is 0 Å². The molecule has 0 unspecified atom stereocenters. The van der Waals surface area contributed by atoms with Crippen molar-refractivity contribution in [1.29, 1.82) is 0 Å². The quantitative estimate of drug-likeness (QED) is 0.491. The summed E-state index contributed by atoms with van der Waals surface area (Å²) in [6.07, 6.45) is 6.02. The molecule has 0 aliphatic rings. The van der Waals surface area contributed by atoms with Gasteiger partial charge in [0.15, 0.2) is 0 Å². The van der Waals surface area contributed by atoms with Gasteiger partial charge in [0.05, 0.1) is 17.2 Å². The third-order valence-corrected chi connectivity index (χ3v) is 2.07. The van der Waals surface area contributed by atoms with Crippen LogP contribution >= 0.6 is 0 Å². The Morgan fingerprint density at radius 2 is 2.14 bits per heavy atom. The van der Waals surface area contributed by atoms with E-state index in [0.717, 1.165) is 21.8 Å². The monoisotopic (exact) mass is 181 g/mol. The van der Waals surface area contributed by atoms with Gasteiger partial charge in [-0.2, -0.15) is 10.2 Å². The number of aromatic nitrogens is 4. The van der Waals surface area contributed by atoms with Crippen LogP contribution in [0.1, 0.15) is 0 Å². The Morgan fingerprint density at radius 1 is 1.14 bits per heavy atom. The Balaban J connectivity index is 2.52. The van der Waals surface area contributed by atoms with Crippen molar-refractivity contribution in [3.8, 4) is 0 Å². The van der Waals surface area contributed by atoms with Crippen LogP contribution in [0.4, 0.5) is 0 Å². The highest BCUT2D eigenvalue weighted by Gasteiger charge is 1.99. The number of fused-ring (bicyclic) bond motifs is 2. The van der Waals surface area contributed by atoms with Gasteiger partial charge in [-0.25, -0.2) is 9.97 Å². The molecule has 2 aromatic heterocycles. The first-order chi connectivity index (χ1) is 6.93. The lowest BCUT2D eigenvalue weighted by molar-refractivity contribution is 1.08. The third kappa shape index (κ3) is 1.01. The minimum atomic E-state index is 0.839. The highest BCUT2D eigenvalue weighted by atomic mass is 15.1. The Morgan fingerprint density at radius 3 is 3.14 bits per heavy atom. The first kappa shape index (κ1) is 7.32. The van der Waals surface area contributed by atoms with E-state index in [1.807, 2.05) is 18.2 Å². The average Bonchev–Trinajstić information content (AvgIpc) is 2.26. The zero-order valence-electron chi connectivity index (χ0n) is 7.18. The molecule has 2 heterocycles. The van der Waals surface area contributed by atoms with Crippen molar-refractivity contribution in [2.24, 2.45) is 0 Å². The van der Waals surface area contributed by atoms with Gasteiger partial charge in [0, 0.05) is 10.8 Å². The number of nitrogens with zero attached hydrogens (tertiary/aromatic N) is 4. The van der Waals surface area contributed by atoms with E-state index in [1.54, 1.807) is 6.20 Å². The molecule has 0 bridgehead atoms. The maximum atomic E-state index is 4.14. The second-order valence-electron chi connectivity index (χ2n) is 2.94. The number of rotatable bonds is 0. The second-order valence-corrected chi connectivity index (χ2v) is 2.94. The molecule has 4 nitrogen and oxygen atoms in total. The summed E-state index contributed by atoms with van der Waals surface area (Å²) in [5.41, 5.74) is 1.71. The number of benzene rings is 1. The van der Waals surface area contributed by atoms with Crippen LogP contribution in [-0.4, -0.2) is 20.2 Å². The van der Waals surface area contributed by atoms with Crippen LogP contribution in [0.2, 0.25) is 0 Å². The molecule has 3 rings (SSSR count). The van der Waals surface area contributed by atoms with Crippen LogP contribution in [0.15, 0.2) is 30.7 Å². The lowest BCUT2D eigenvalue weighted by Gasteiger charge is -1.97. The van der Waals surface area contributed by atoms with Gasteiger partial charge in [-0.3, -0.25) is 0 Å². The maximum Gasteiger partial charge on any atom is 0.116 e. The molecular formula is C10H5N4. The summed E-state index contributed by atoms with van der Waals surface area (Å²) in [6, 6.07) is 5.75. The molecule has 3 aromatic rings. The first-order valence-electron chi connectivity index (χ1n) is 4.17. The molecular weight excluding hydrogens is 176 g/mol. The molecule has 0 spiro atoms. The van der Waals surface area contributed by atoms with Crippen molar-refractivity contribution in [1.82, 2.24) is 20.2 Å². The van der Waals surface area contributed by atoms with Crippen LogP contribution in [-0.2, 0) is 0 Å². The molecule has 0 amide bonds. The maximum absolute atomic E-state index is 4.14. The molecule has 4 heteroatoms. The summed E-state index contributed by atoms with van der Waals surface area (Å²) in [7, 11) is 0. The highest BCUT2D eigenvalue weighted by Crippen LogP contribution is 2.17. The molecule has 65 valence electrons. The molecule has 14 heavy (non-hydrogen) atoms. The van der Waals surface area contributed by atoms with E-state index in [1.165, 1.54) is 6.33 Å². The zero-order chi connectivity index (χ0) is 9.38. The fraction of sp³-hybridized carbons (Fsp3) is 0. The Bertz CT molecular complexity index is 501. The van der Waals surface area contributed by atoms with Crippen molar-refractivity contribution in [2.75, 3.05) is 0 Å². The van der Waals surface area contributed by atoms with Crippen molar-refractivity contribution in [3.63, 3.8) is 0 Å². The molecule has 0 aliphatic carbocycles. The van der Waals surface area contributed by atoms with Gasteiger partial charge >= 0.3 is 0 Å². The van der Waals surface area contributed by atoms with Gasteiger partial charge in [-0.15, -0.1) is 0 Å². The van der Waals surface area contributed by atoms with Gasteiger partial charge in [0.2, 0.25) is 0 Å². The van der Waals surface area contributed by atoms with Crippen molar-refractivity contribution in [3.05, 3.63) is 36.9 Å². The smallest absolute Gasteiger partial charge is 0.116 e.